The zero-order valence-corrected chi connectivity index (χ0v) is 34.0. The van der Waals surface area contributed by atoms with E-state index in [2.05, 4.69) is 0 Å². The van der Waals surface area contributed by atoms with Gasteiger partial charge in [-0.2, -0.15) is 0 Å². The average molecular weight is 738 g/mol. The molecule has 0 heterocycles. The Balaban J connectivity index is 1.84. The van der Waals surface area contributed by atoms with Gasteiger partial charge >= 0.3 is 0 Å². The Morgan fingerprint density at radius 1 is 0.125 bits per heavy atom. The molecule has 6 aromatic rings. The summed E-state index contributed by atoms with van der Waals surface area (Å²) in [5.41, 5.74) is -7.55. The maximum absolute atomic E-state index is 6.94. The van der Waals surface area contributed by atoms with Crippen molar-refractivity contribution in [1.29, 1.82) is 0 Å². The first-order valence-corrected chi connectivity index (χ1v) is 18.2. The Morgan fingerprint density at radius 3 is 0.344 bits per heavy atom. The van der Waals surface area contributed by atoms with Crippen LogP contribution in [0.2, 0.25) is 0 Å². The topological polar surface area (TPSA) is 3.24 Å². The highest BCUT2D eigenvalue weighted by Crippen LogP contribution is 2.28. The molecule has 6 rings (SSSR count). The number of rotatable bonds is 6. The van der Waals surface area contributed by atoms with Gasteiger partial charge in [0.25, 0.3) is 0 Å². The highest BCUT2D eigenvalue weighted by Gasteiger charge is 2.31. The van der Waals surface area contributed by atoms with Crippen molar-refractivity contribution in [1.82, 2.24) is 0 Å². The third-order valence-electron chi connectivity index (χ3n) is 11.4. The van der Waals surface area contributed by atoms with Crippen molar-refractivity contribution >= 4 is 376 Å². The monoisotopic (exact) mass is 743 g/mol. The molecule has 0 aromatic heterocycles. The van der Waals surface area contributed by atoms with E-state index in [4.69, 9.17) is 212 Å². The molecular formula is C36B27N. The quantitative estimate of drug-likeness (QED) is 0.154. The van der Waals surface area contributed by atoms with E-state index in [9.17, 15) is 0 Å². The van der Waals surface area contributed by atoms with Crippen LogP contribution < -0.4 is 152 Å². The first-order valence-electron chi connectivity index (χ1n) is 18.2. The molecule has 0 fully saturated rings. The molecule has 0 saturated heterocycles. The Kier molecular flexibility index (Phi) is 14.0. The lowest BCUT2D eigenvalue weighted by Gasteiger charge is -2.41. The molecule has 1 nitrogen and oxygen atoms in total. The van der Waals surface area contributed by atoms with Crippen LogP contribution in [0.5, 0.6) is 0 Å². The Bertz CT molecular complexity index is 2590. The van der Waals surface area contributed by atoms with E-state index in [0.717, 1.165) is 4.90 Å². The third-order valence-corrected chi connectivity index (χ3v) is 11.4. The summed E-state index contributed by atoms with van der Waals surface area (Å²) in [5, 5.41) is 0. The Morgan fingerprint density at radius 2 is 0.219 bits per heavy atom. The number of hydrogen-bond donors (Lipinski definition) is 0. The molecule has 0 atom stereocenters. The second-order valence-corrected chi connectivity index (χ2v) is 14.8. The predicted octanol–water partition coefficient (Wildman–Crippen LogP) is -22.4. The van der Waals surface area contributed by atoms with Crippen LogP contribution in [0, 0.1) is 0 Å². The maximum Gasteiger partial charge on any atom is 0.115 e. The predicted molar refractivity (Wildman–Crippen MR) is 303 cm³/mol. The largest absolute Gasteiger partial charge is 0.314 e. The van der Waals surface area contributed by atoms with Crippen LogP contribution in [0.25, 0.3) is 33.4 Å². The van der Waals surface area contributed by atoms with Gasteiger partial charge in [-0.25, -0.2) is 0 Å². The van der Waals surface area contributed by atoms with Gasteiger partial charge in [-0.15, -0.1) is 49.2 Å². The molecule has 0 aliphatic heterocycles. The van der Waals surface area contributed by atoms with Crippen LogP contribution in [0.4, 0.5) is 17.1 Å². The first-order chi connectivity index (χ1) is 29.6. The molecule has 0 saturated carbocycles. The molecular weight excluding hydrogens is 738 g/mol. The number of benzene rings is 6. The fraction of sp³-hybridized carbons (Fsp3) is 0. The van der Waals surface area contributed by atoms with Crippen LogP contribution in [0.3, 0.4) is 0 Å². The van der Waals surface area contributed by atoms with E-state index in [1.54, 1.807) is 0 Å². The zero-order chi connectivity index (χ0) is 48.4. The average Bonchev–Trinajstić information content (AvgIpc) is 3.26. The number of nitrogens with zero attached hydrogens (tertiary/aromatic N) is 1. The summed E-state index contributed by atoms with van der Waals surface area (Å²) in [7, 11) is 176. The van der Waals surface area contributed by atoms with Gasteiger partial charge in [-0.3, -0.25) is 0 Å². The SMILES string of the molecule is [B]c1c([B])c([B])c(-c2c([B])c([B])c(N(c3c([B])c([B])c(-c4c([B])c([B])c([B])c([B])c4[B])c([B])c3[B])c3c([B])c([B])c(-c4c([B])c([B])c([B])c([B])c4[B])c([B])c3[B])c([B])c2[B])c([B])c1[B]. The van der Waals surface area contributed by atoms with Crippen LogP contribution >= 0.6 is 0 Å². The molecule has 0 bridgehead atoms. The molecule has 0 aliphatic carbocycles. The van der Waals surface area contributed by atoms with E-state index in [0.29, 0.717) is 0 Å². The summed E-state index contributed by atoms with van der Waals surface area (Å²) in [6, 6.07) is 0. The van der Waals surface area contributed by atoms with Crippen molar-refractivity contribution in [3.8, 4) is 33.4 Å². The van der Waals surface area contributed by atoms with Gasteiger partial charge in [0.05, 0.1) is 0 Å². The molecule has 0 N–H and O–H groups in total. The van der Waals surface area contributed by atoms with Crippen LogP contribution in [-0.2, 0) is 0 Å². The second-order valence-electron chi connectivity index (χ2n) is 14.8. The standard InChI is InChI=1S/C36B27N/c37-7-1(8(38)20(50)25(55)19(7)49)4-13(43)28(58)34(29(59)14(4)44)64(35-30(60)15(45)5(16(46)31(35)61)2-9(39)21(51)26(56)22(52)10(2)40)36-32(62)17(47)6(18(48)33(36)63)3-11(41)23(53)27(57)24(54)12(3)42. The first kappa shape index (κ1) is 50.3. The van der Waals surface area contributed by atoms with Gasteiger partial charge in [-0.05, 0) is 33.4 Å². The van der Waals surface area contributed by atoms with E-state index < -0.39 is 0 Å². The summed E-state index contributed by atoms with van der Waals surface area (Å²) in [6.07, 6.45) is 0. The van der Waals surface area contributed by atoms with Gasteiger partial charge in [0.15, 0.2) is 0 Å². The molecule has 0 aliphatic rings. The smallest absolute Gasteiger partial charge is 0.115 e. The maximum atomic E-state index is 6.94. The molecule has 0 unspecified atom stereocenters. The van der Waals surface area contributed by atoms with Gasteiger partial charge in [0, 0.05) is 17.1 Å². The molecule has 6 aromatic carbocycles. The molecule has 0 spiro atoms. The van der Waals surface area contributed by atoms with Crippen LogP contribution in [0.1, 0.15) is 0 Å². The highest BCUT2D eigenvalue weighted by atomic mass is 15.2. The zero-order valence-electron chi connectivity index (χ0n) is 34.0. The number of anilines is 3. The van der Waals surface area contributed by atoms with Gasteiger partial charge in [0.2, 0.25) is 0 Å². The minimum atomic E-state index is -0.366. The lowest BCUT2D eigenvalue weighted by atomic mass is 9.55. The van der Waals surface area contributed by atoms with E-state index in [-0.39, 0.29) is 198 Å². The Labute approximate surface area is 412 Å². The van der Waals surface area contributed by atoms with E-state index in [1.807, 2.05) is 0 Å². The summed E-state index contributed by atoms with van der Waals surface area (Å²) in [4.78, 5) is 1.12. The van der Waals surface area contributed by atoms with Gasteiger partial charge < -0.3 is 4.90 Å². The molecule has 0 amide bonds. The molecule has 64 heavy (non-hydrogen) atoms. The summed E-state index contributed by atoms with van der Waals surface area (Å²) >= 11 is 0. The summed E-state index contributed by atoms with van der Waals surface area (Å²) in [6.45, 7) is 0. The summed E-state index contributed by atoms with van der Waals surface area (Å²) < 4.78 is 0. The third kappa shape index (κ3) is 7.25. The fourth-order valence-electron chi connectivity index (χ4n) is 7.67. The lowest BCUT2D eigenvalue weighted by Crippen LogP contribution is -2.59. The van der Waals surface area contributed by atoms with Gasteiger partial charge in [-0.1, -0.05) is 98.3 Å². The van der Waals surface area contributed by atoms with Crippen LogP contribution in [0.15, 0.2) is 0 Å². The van der Waals surface area contributed by atoms with E-state index in [1.165, 1.54) is 0 Å². The minimum Gasteiger partial charge on any atom is -0.314 e. The second kappa shape index (κ2) is 17.8. The van der Waals surface area contributed by atoms with Crippen molar-refractivity contribution in [2.45, 2.75) is 0 Å². The molecule has 54 radical (unpaired) electrons. The normalized spacial score (nSPS) is 11.2. The van der Waals surface area contributed by atoms with Crippen molar-refractivity contribution < 1.29 is 0 Å². The van der Waals surface area contributed by atoms with Crippen molar-refractivity contribution in [2.24, 2.45) is 0 Å². The number of hydrogen-bond acceptors (Lipinski definition) is 1. The highest BCUT2D eigenvalue weighted by molar-refractivity contribution is 6.75. The summed E-state index contributed by atoms with van der Waals surface area (Å²) in [5.74, 6) is 0. The molecule has 230 valence electrons. The lowest BCUT2D eigenvalue weighted by molar-refractivity contribution is 1.36. The van der Waals surface area contributed by atoms with Crippen molar-refractivity contribution in [3.05, 3.63) is 0 Å². The minimum absolute atomic E-state index is 0.0566. The van der Waals surface area contributed by atoms with Gasteiger partial charge in [0.1, 0.15) is 212 Å². The Hall–Kier alpha value is -3.13. The van der Waals surface area contributed by atoms with E-state index >= 15 is 0 Å². The van der Waals surface area contributed by atoms with Crippen molar-refractivity contribution in [2.75, 3.05) is 4.90 Å². The van der Waals surface area contributed by atoms with Crippen molar-refractivity contribution in [3.63, 3.8) is 0 Å². The molecule has 28 heteroatoms. The van der Waals surface area contributed by atoms with Crippen LogP contribution in [-0.4, -0.2) is 212 Å². The fourth-order valence-corrected chi connectivity index (χ4v) is 7.67.